The van der Waals surface area contributed by atoms with Crippen LogP contribution in [0.5, 0.6) is 0 Å². The number of likely N-dealkylation sites (N-methyl/N-ethyl adjacent to an activating group) is 1. The van der Waals surface area contributed by atoms with Gasteiger partial charge in [0.05, 0.1) is 40.3 Å². The maximum Gasteiger partial charge on any atom is 0.306 e. The van der Waals surface area contributed by atoms with Crippen LogP contribution in [0.15, 0.2) is 122 Å². The number of esters is 2. The summed E-state index contributed by atoms with van der Waals surface area (Å²) in [5.74, 6) is -2.28. The van der Waals surface area contributed by atoms with E-state index in [1.165, 1.54) is 148 Å². The number of hydrogen-bond donors (Lipinski definition) is 0. The van der Waals surface area contributed by atoms with Gasteiger partial charge in [0.1, 0.15) is 13.2 Å². The van der Waals surface area contributed by atoms with Gasteiger partial charge in [0.15, 0.2) is 12.4 Å². The standard InChI is InChI=1S/C77H131NO8/c1-6-8-10-12-14-16-18-20-22-24-26-28-29-30-31-32-33-34-35-36-37-38-39-40-41-42-43-44-45-46-47-48-50-52-54-56-58-60-62-64-66-68-75(80)86-73(72-85-77(76(81)82)83-70-69-78(3,4)5)71-84-74(79)67-65-63-61-59-57-55-53-51-49-27-25-23-21-19-17-15-13-11-9-7-2/h8,10,14,16,20,22,26,28,30-31,33-34,36-37,39-40,42-43,45-46,73,77H,6-7,9,11-13,15,17-19,21,23-25,27,29,32,35,38,41,44,47-72H2,1-5H3/b10-8-,16-14-,22-20-,28-26-,31-30-,34-33-,37-36-,40-39-,43-42-,46-45-. The molecular formula is C77H131NO8. The van der Waals surface area contributed by atoms with Crippen molar-refractivity contribution in [3.05, 3.63) is 122 Å². The van der Waals surface area contributed by atoms with Crippen molar-refractivity contribution >= 4 is 17.9 Å². The summed E-state index contributed by atoms with van der Waals surface area (Å²) in [5, 5.41) is 11.8. The lowest BCUT2D eigenvalue weighted by atomic mass is 10.0. The Morgan fingerprint density at radius 1 is 0.360 bits per heavy atom. The van der Waals surface area contributed by atoms with Gasteiger partial charge >= 0.3 is 11.9 Å². The quantitative estimate of drug-likeness (QED) is 0.0195. The number of aliphatic carboxylic acids is 1. The van der Waals surface area contributed by atoms with Crippen molar-refractivity contribution < 1.29 is 42.9 Å². The lowest BCUT2D eigenvalue weighted by Gasteiger charge is -2.26. The monoisotopic (exact) mass is 1200 g/mol. The molecule has 86 heavy (non-hydrogen) atoms. The summed E-state index contributed by atoms with van der Waals surface area (Å²) >= 11 is 0. The fourth-order valence-corrected chi connectivity index (χ4v) is 9.63. The lowest BCUT2D eigenvalue weighted by molar-refractivity contribution is -0.870. The summed E-state index contributed by atoms with van der Waals surface area (Å²) in [4.78, 5) is 37.5. The van der Waals surface area contributed by atoms with E-state index in [4.69, 9.17) is 18.9 Å². The van der Waals surface area contributed by atoms with Gasteiger partial charge in [-0.2, -0.15) is 0 Å². The van der Waals surface area contributed by atoms with Crippen LogP contribution in [0, 0.1) is 0 Å². The number of carboxylic acid groups (broad SMARTS) is 1. The fraction of sp³-hybridized carbons (Fsp3) is 0.701. The number of nitrogens with zero attached hydrogens (tertiary/aromatic N) is 1. The Labute approximate surface area is 529 Å². The van der Waals surface area contributed by atoms with E-state index < -0.39 is 24.3 Å². The zero-order valence-corrected chi connectivity index (χ0v) is 56.1. The topological polar surface area (TPSA) is 111 Å². The zero-order valence-electron chi connectivity index (χ0n) is 56.1. The molecule has 0 aromatic heterocycles. The van der Waals surface area contributed by atoms with Crippen LogP contribution in [-0.4, -0.2) is 82.3 Å². The second-order valence-electron chi connectivity index (χ2n) is 24.4. The van der Waals surface area contributed by atoms with E-state index in [1.54, 1.807) is 0 Å². The highest BCUT2D eigenvalue weighted by Crippen LogP contribution is 2.17. The molecule has 0 rings (SSSR count). The first-order valence-electron chi connectivity index (χ1n) is 35.2. The van der Waals surface area contributed by atoms with Crippen molar-refractivity contribution in [1.29, 1.82) is 0 Å². The van der Waals surface area contributed by atoms with Crippen molar-refractivity contribution in [1.82, 2.24) is 0 Å². The highest BCUT2D eigenvalue weighted by atomic mass is 16.7. The van der Waals surface area contributed by atoms with Crippen molar-refractivity contribution in [2.24, 2.45) is 0 Å². The molecule has 0 aliphatic heterocycles. The fourth-order valence-electron chi connectivity index (χ4n) is 9.63. The number of unbranched alkanes of at least 4 members (excludes halogenated alkanes) is 29. The predicted octanol–water partition coefficient (Wildman–Crippen LogP) is 20.6. The summed E-state index contributed by atoms with van der Waals surface area (Å²) in [6.45, 7) is 4.65. The van der Waals surface area contributed by atoms with E-state index >= 15 is 0 Å². The maximum absolute atomic E-state index is 12.9. The average Bonchev–Trinajstić information content (AvgIpc) is 3.63. The molecule has 0 saturated heterocycles. The minimum atomic E-state index is -1.63. The van der Waals surface area contributed by atoms with E-state index in [-0.39, 0.29) is 32.2 Å². The first kappa shape index (κ1) is 81.7. The maximum atomic E-state index is 12.9. The number of carbonyl (C=O) groups is 3. The van der Waals surface area contributed by atoms with Gasteiger partial charge in [-0.1, -0.05) is 309 Å². The average molecular weight is 1200 g/mol. The van der Waals surface area contributed by atoms with Gasteiger partial charge in [0.2, 0.25) is 0 Å². The van der Waals surface area contributed by atoms with Gasteiger partial charge in [-0.3, -0.25) is 9.59 Å². The molecule has 0 bridgehead atoms. The van der Waals surface area contributed by atoms with Crippen LogP contribution in [0.2, 0.25) is 0 Å². The number of allylic oxidation sites excluding steroid dienone is 20. The number of hydrogen-bond acceptors (Lipinski definition) is 8. The second kappa shape index (κ2) is 66.6. The number of carboxylic acids is 1. The summed E-state index contributed by atoms with van der Waals surface area (Å²) in [6, 6.07) is 0. The number of ether oxygens (including phenoxy) is 4. The van der Waals surface area contributed by atoms with Gasteiger partial charge in [-0.15, -0.1) is 0 Å². The predicted molar refractivity (Wildman–Crippen MR) is 366 cm³/mol. The minimum Gasteiger partial charge on any atom is -0.545 e. The van der Waals surface area contributed by atoms with Crippen LogP contribution in [0.1, 0.15) is 290 Å². The van der Waals surface area contributed by atoms with Gasteiger partial charge in [-0.05, 0) is 89.9 Å². The Balaban J connectivity index is 4.13. The lowest BCUT2D eigenvalue weighted by Crippen LogP contribution is -2.44. The van der Waals surface area contributed by atoms with Gasteiger partial charge < -0.3 is 33.3 Å². The Hall–Kier alpha value is -4.31. The second-order valence-corrected chi connectivity index (χ2v) is 24.4. The number of rotatable bonds is 64. The SMILES string of the molecule is CC/C=C\C/C=C\C/C=C\C/C=C\C/C=C\C/C=C\C/C=C\C/C=C\C/C=C\C/C=C\CCCCCCCCCCCCC(=O)OC(COC(=O)CCCCCCCCCCCCCCCCCCCCCC)COC(OCC[N+](C)(C)C)C(=O)[O-]. The summed E-state index contributed by atoms with van der Waals surface area (Å²) in [5.41, 5.74) is 0. The van der Waals surface area contributed by atoms with Crippen molar-refractivity contribution in [3.8, 4) is 0 Å². The third kappa shape index (κ3) is 67.2. The van der Waals surface area contributed by atoms with Crippen molar-refractivity contribution in [3.63, 3.8) is 0 Å². The van der Waals surface area contributed by atoms with Gasteiger partial charge in [0, 0.05) is 12.8 Å². The van der Waals surface area contributed by atoms with E-state index in [0.717, 1.165) is 109 Å². The number of carbonyl (C=O) groups excluding carboxylic acids is 3. The molecule has 0 aliphatic carbocycles. The summed E-state index contributed by atoms with van der Waals surface area (Å²) < 4.78 is 22.8. The van der Waals surface area contributed by atoms with Crippen LogP contribution < -0.4 is 5.11 Å². The molecular weight excluding hydrogens is 1070 g/mol. The molecule has 0 radical (unpaired) electrons. The van der Waals surface area contributed by atoms with Crippen LogP contribution in [-0.2, 0) is 33.3 Å². The Kier molecular flexibility index (Phi) is 63.3. The molecule has 0 saturated carbocycles. The summed E-state index contributed by atoms with van der Waals surface area (Å²) in [7, 11) is 5.93. The molecule has 0 heterocycles. The largest absolute Gasteiger partial charge is 0.545 e. The van der Waals surface area contributed by atoms with E-state index in [0.29, 0.717) is 23.9 Å². The minimum absolute atomic E-state index is 0.144. The zero-order chi connectivity index (χ0) is 62.6. The molecule has 2 atom stereocenters. The van der Waals surface area contributed by atoms with Crippen LogP contribution in [0.25, 0.3) is 0 Å². The van der Waals surface area contributed by atoms with E-state index in [9.17, 15) is 19.5 Å². The highest BCUT2D eigenvalue weighted by Gasteiger charge is 2.22. The van der Waals surface area contributed by atoms with E-state index in [1.807, 2.05) is 21.1 Å². The molecule has 0 spiro atoms. The summed E-state index contributed by atoms with van der Waals surface area (Å²) in [6.07, 6.45) is 91.3. The number of quaternary nitrogens is 1. The highest BCUT2D eigenvalue weighted by molar-refractivity contribution is 5.70. The Morgan fingerprint density at radius 3 is 0.988 bits per heavy atom. The van der Waals surface area contributed by atoms with Gasteiger partial charge in [-0.25, -0.2) is 0 Å². The molecule has 0 aromatic rings. The third-order valence-electron chi connectivity index (χ3n) is 15.0. The molecule has 0 fully saturated rings. The molecule has 2 unspecified atom stereocenters. The van der Waals surface area contributed by atoms with Crippen LogP contribution in [0.4, 0.5) is 0 Å². The normalized spacial score (nSPS) is 13.5. The third-order valence-corrected chi connectivity index (χ3v) is 15.0. The van der Waals surface area contributed by atoms with Crippen LogP contribution in [0.3, 0.4) is 0 Å². The molecule has 0 N–H and O–H groups in total. The Bertz CT molecular complexity index is 1830. The van der Waals surface area contributed by atoms with Gasteiger partial charge in [0.25, 0.3) is 0 Å². The molecule has 9 nitrogen and oxygen atoms in total. The molecule has 9 heteroatoms. The Morgan fingerprint density at radius 2 is 0.663 bits per heavy atom. The smallest absolute Gasteiger partial charge is 0.306 e. The molecule has 492 valence electrons. The van der Waals surface area contributed by atoms with Crippen molar-refractivity contribution in [2.75, 3.05) is 47.5 Å². The molecule has 0 aromatic carbocycles. The van der Waals surface area contributed by atoms with Crippen LogP contribution >= 0.6 is 0 Å². The van der Waals surface area contributed by atoms with E-state index in [2.05, 4.69) is 135 Å². The first-order valence-corrected chi connectivity index (χ1v) is 35.2. The molecule has 0 amide bonds. The first-order chi connectivity index (χ1) is 42.1. The molecule has 0 aliphatic rings. The van der Waals surface area contributed by atoms with Crippen molar-refractivity contribution in [2.45, 2.75) is 302 Å².